The molecule has 0 saturated heterocycles. The summed E-state index contributed by atoms with van der Waals surface area (Å²) in [7, 11) is 0. The van der Waals surface area contributed by atoms with Crippen LogP contribution in [0.1, 0.15) is 37.8 Å². The lowest BCUT2D eigenvalue weighted by Gasteiger charge is -2.34. The van der Waals surface area contributed by atoms with E-state index in [0.717, 1.165) is 24.0 Å². The van der Waals surface area contributed by atoms with E-state index in [1.54, 1.807) is 36.7 Å². The van der Waals surface area contributed by atoms with E-state index in [1.165, 1.54) is 0 Å². The van der Waals surface area contributed by atoms with Crippen LogP contribution in [0, 0.1) is 11.8 Å². The number of rotatable bonds is 4. The minimum atomic E-state index is 0.0721. The molecule has 4 atom stereocenters. The van der Waals surface area contributed by atoms with E-state index < -0.39 is 0 Å². The minimum absolute atomic E-state index is 0.0721. The number of aromatic hydroxyl groups is 2. The third-order valence-electron chi connectivity index (χ3n) is 5.33. The van der Waals surface area contributed by atoms with E-state index in [2.05, 4.69) is 13.8 Å². The zero-order valence-electron chi connectivity index (χ0n) is 15.3. The number of nitrogens with zero attached hydrogens (tertiary/aromatic N) is 2. The van der Waals surface area contributed by atoms with Crippen LogP contribution in [0.5, 0.6) is 11.5 Å². The molecule has 0 amide bonds. The maximum atomic E-state index is 9.93. The Balaban J connectivity index is 1.81. The number of benzene rings is 2. The second-order valence-electron chi connectivity index (χ2n) is 7.23. The van der Waals surface area contributed by atoms with Crippen LogP contribution in [-0.4, -0.2) is 34.7 Å². The first-order chi connectivity index (χ1) is 12.5. The van der Waals surface area contributed by atoms with Crippen LogP contribution in [0.4, 0.5) is 0 Å². The van der Waals surface area contributed by atoms with Gasteiger partial charge in [0.25, 0.3) is 0 Å². The van der Waals surface area contributed by atoms with E-state index in [-0.39, 0.29) is 23.6 Å². The molecule has 0 aromatic heterocycles. The molecular formula is C22H26N2O2. The normalized spacial score (nSPS) is 26.5. The average molecular weight is 350 g/mol. The Hall–Kier alpha value is -2.62. The van der Waals surface area contributed by atoms with Gasteiger partial charge >= 0.3 is 0 Å². The second-order valence-corrected chi connectivity index (χ2v) is 7.23. The molecule has 2 aromatic carbocycles. The smallest absolute Gasteiger partial charge is 0.124 e. The van der Waals surface area contributed by atoms with Crippen LogP contribution in [0.15, 0.2) is 58.5 Å². The molecule has 26 heavy (non-hydrogen) atoms. The van der Waals surface area contributed by atoms with E-state index in [9.17, 15) is 10.2 Å². The topological polar surface area (TPSA) is 65.2 Å². The van der Waals surface area contributed by atoms with Crippen LogP contribution < -0.4 is 0 Å². The number of hydrogen-bond donors (Lipinski definition) is 2. The van der Waals surface area contributed by atoms with Gasteiger partial charge in [-0.25, -0.2) is 0 Å². The molecule has 4 heteroatoms. The summed E-state index contributed by atoms with van der Waals surface area (Å²) in [5.74, 6) is 1.64. The first-order valence-corrected chi connectivity index (χ1v) is 9.17. The van der Waals surface area contributed by atoms with Crippen LogP contribution >= 0.6 is 0 Å². The van der Waals surface area contributed by atoms with Gasteiger partial charge in [-0.05, 0) is 48.9 Å². The minimum Gasteiger partial charge on any atom is -0.507 e. The van der Waals surface area contributed by atoms with E-state index in [4.69, 9.17) is 9.98 Å². The monoisotopic (exact) mass is 350 g/mol. The molecule has 1 saturated carbocycles. The molecule has 2 aromatic rings. The highest BCUT2D eigenvalue weighted by molar-refractivity contribution is 5.84. The summed E-state index contributed by atoms with van der Waals surface area (Å²) in [6.45, 7) is 4.52. The zero-order valence-corrected chi connectivity index (χ0v) is 15.3. The number of phenolic OH excluding ortho intramolecular Hbond substituents is 2. The van der Waals surface area contributed by atoms with Crippen molar-refractivity contribution < 1.29 is 10.2 Å². The molecule has 0 heterocycles. The maximum Gasteiger partial charge on any atom is 0.124 e. The number of hydrogen-bond acceptors (Lipinski definition) is 4. The van der Waals surface area contributed by atoms with Crippen molar-refractivity contribution in [2.24, 2.45) is 21.8 Å². The summed E-state index contributed by atoms with van der Waals surface area (Å²) in [5, 5.41) is 19.9. The Morgan fingerprint density at radius 1 is 0.731 bits per heavy atom. The van der Waals surface area contributed by atoms with Gasteiger partial charge in [-0.2, -0.15) is 0 Å². The summed E-state index contributed by atoms with van der Waals surface area (Å²) in [5.41, 5.74) is 1.45. The molecule has 1 aliphatic carbocycles. The molecule has 0 bridgehead atoms. The van der Waals surface area contributed by atoms with E-state index in [0.29, 0.717) is 11.8 Å². The highest BCUT2D eigenvalue weighted by Gasteiger charge is 2.32. The van der Waals surface area contributed by atoms with Gasteiger partial charge in [0.1, 0.15) is 11.5 Å². The molecule has 0 unspecified atom stereocenters. The van der Waals surface area contributed by atoms with Gasteiger partial charge in [-0.3, -0.25) is 9.98 Å². The van der Waals surface area contributed by atoms with Gasteiger partial charge in [0.05, 0.1) is 12.1 Å². The van der Waals surface area contributed by atoms with Crippen molar-refractivity contribution in [3.63, 3.8) is 0 Å². The van der Waals surface area contributed by atoms with Crippen molar-refractivity contribution in [2.45, 2.75) is 38.8 Å². The van der Waals surface area contributed by atoms with Crippen molar-refractivity contribution >= 4 is 12.4 Å². The van der Waals surface area contributed by atoms with Gasteiger partial charge in [-0.15, -0.1) is 0 Å². The summed E-state index contributed by atoms with van der Waals surface area (Å²) < 4.78 is 0. The quantitative estimate of drug-likeness (QED) is 0.801. The SMILES string of the molecule is C[C@@H]1C[C@@H](N=Cc2ccccc2O)[C@H](N=Cc2ccccc2O)C[C@H]1C. The fourth-order valence-corrected chi connectivity index (χ4v) is 3.41. The lowest BCUT2D eigenvalue weighted by molar-refractivity contribution is 0.227. The fourth-order valence-electron chi connectivity index (χ4n) is 3.41. The highest BCUT2D eigenvalue weighted by atomic mass is 16.3. The molecule has 0 spiro atoms. The lowest BCUT2D eigenvalue weighted by atomic mass is 9.76. The molecule has 4 nitrogen and oxygen atoms in total. The van der Waals surface area contributed by atoms with Crippen molar-refractivity contribution in [1.29, 1.82) is 0 Å². The van der Waals surface area contributed by atoms with Gasteiger partial charge in [0.2, 0.25) is 0 Å². The maximum absolute atomic E-state index is 9.93. The number of para-hydroxylation sites is 2. The van der Waals surface area contributed by atoms with Crippen molar-refractivity contribution in [1.82, 2.24) is 0 Å². The first-order valence-electron chi connectivity index (χ1n) is 9.17. The molecule has 1 fully saturated rings. The number of aliphatic imine (C=N–C) groups is 2. The van der Waals surface area contributed by atoms with Crippen molar-refractivity contribution in [3.05, 3.63) is 59.7 Å². The third kappa shape index (κ3) is 4.31. The van der Waals surface area contributed by atoms with Crippen LogP contribution in [0.3, 0.4) is 0 Å². The molecule has 1 aliphatic rings. The van der Waals surface area contributed by atoms with E-state index in [1.807, 2.05) is 24.3 Å². The predicted octanol–water partition coefficient (Wildman–Crippen LogP) is 4.44. The molecule has 136 valence electrons. The first kappa shape index (κ1) is 18.2. The van der Waals surface area contributed by atoms with Gasteiger partial charge in [0, 0.05) is 23.6 Å². The zero-order chi connectivity index (χ0) is 18.5. The van der Waals surface area contributed by atoms with Crippen LogP contribution in [0.25, 0.3) is 0 Å². The Bertz CT molecular complexity index is 733. The molecular weight excluding hydrogens is 324 g/mol. The standard InChI is InChI=1S/C22H26N2O2/c1-15-11-19(23-13-17-7-3-5-9-21(17)25)20(12-16(15)2)24-14-18-8-4-6-10-22(18)26/h3-10,13-16,19-20,25-26H,11-12H2,1-2H3/t15-,16-,19-,20-/m1/s1. The summed E-state index contributed by atoms with van der Waals surface area (Å²) >= 11 is 0. The molecule has 2 N–H and O–H groups in total. The summed E-state index contributed by atoms with van der Waals surface area (Å²) in [6, 6.07) is 14.6. The Morgan fingerprint density at radius 2 is 1.12 bits per heavy atom. The Kier molecular flexibility index (Phi) is 5.71. The van der Waals surface area contributed by atoms with Gasteiger partial charge in [-0.1, -0.05) is 38.1 Å². The van der Waals surface area contributed by atoms with E-state index >= 15 is 0 Å². The summed E-state index contributed by atoms with van der Waals surface area (Å²) in [6.07, 6.45) is 5.44. The highest BCUT2D eigenvalue weighted by Crippen LogP contribution is 2.33. The third-order valence-corrected chi connectivity index (χ3v) is 5.33. The Morgan fingerprint density at radius 3 is 1.50 bits per heavy atom. The average Bonchev–Trinajstić information content (AvgIpc) is 2.63. The van der Waals surface area contributed by atoms with Crippen LogP contribution in [-0.2, 0) is 0 Å². The summed E-state index contributed by atoms with van der Waals surface area (Å²) in [4.78, 5) is 9.51. The molecule has 3 rings (SSSR count). The number of phenols is 2. The molecule has 0 radical (unpaired) electrons. The van der Waals surface area contributed by atoms with Crippen molar-refractivity contribution in [2.75, 3.05) is 0 Å². The van der Waals surface area contributed by atoms with Crippen LogP contribution in [0.2, 0.25) is 0 Å². The Labute approximate surface area is 155 Å². The fraction of sp³-hybridized carbons (Fsp3) is 0.364. The largest absolute Gasteiger partial charge is 0.507 e. The van der Waals surface area contributed by atoms with Crippen molar-refractivity contribution in [3.8, 4) is 11.5 Å². The van der Waals surface area contributed by atoms with Gasteiger partial charge in [0.15, 0.2) is 0 Å². The van der Waals surface area contributed by atoms with Gasteiger partial charge < -0.3 is 10.2 Å². The lowest BCUT2D eigenvalue weighted by Crippen LogP contribution is -2.35. The molecule has 0 aliphatic heterocycles. The second kappa shape index (κ2) is 8.17. The predicted molar refractivity (Wildman–Crippen MR) is 107 cm³/mol.